The molecule has 4 aliphatic carbocycles. The van der Waals surface area contributed by atoms with Crippen molar-refractivity contribution in [2.75, 3.05) is 5.23 Å². The molecule has 0 spiro atoms. The van der Waals surface area contributed by atoms with Gasteiger partial charge in [-0.2, -0.15) is 0 Å². The third-order valence-electron chi connectivity index (χ3n) is 11.8. The lowest BCUT2D eigenvalue weighted by Gasteiger charge is -2.58. The van der Waals surface area contributed by atoms with E-state index in [1.54, 1.807) is 12.1 Å². The third-order valence-corrected chi connectivity index (χ3v) is 11.8. The number of benzene rings is 1. The second-order valence-electron chi connectivity index (χ2n) is 14.4. The summed E-state index contributed by atoms with van der Waals surface area (Å²) in [6.07, 6.45) is 16.0. The predicted octanol–water partition coefficient (Wildman–Crippen LogP) is 8.95. The van der Waals surface area contributed by atoms with Crippen molar-refractivity contribution in [1.82, 2.24) is 0 Å². The lowest BCUT2D eigenvalue weighted by atomic mass is 9.47. The molecular formula is C34H50NO4-. The number of allylic oxidation sites excluding steroid dienone is 1. The molecule has 39 heavy (non-hydrogen) atoms. The summed E-state index contributed by atoms with van der Waals surface area (Å²) in [4.78, 5) is 12.9. The number of anilines is 1. The highest BCUT2D eigenvalue weighted by Crippen LogP contribution is 2.67. The van der Waals surface area contributed by atoms with Crippen molar-refractivity contribution in [3.8, 4) is 0 Å². The minimum Gasteiger partial charge on any atom is -0.733 e. The Morgan fingerprint density at radius 3 is 2.64 bits per heavy atom. The van der Waals surface area contributed by atoms with Crippen LogP contribution in [0.4, 0.5) is 5.69 Å². The molecule has 0 aliphatic heterocycles. The van der Waals surface area contributed by atoms with Gasteiger partial charge in [-0.3, -0.25) is 5.21 Å². The van der Waals surface area contributed by atoms with Gasteiger partial charge in [0.05, 0.1) is 11.3 Å². The lowest BCUT2D eigenvalue weighted by Crippen LogP contribution is -2.51. The molecule has 0 aromatic heterocycles. The van der Waals surface area contributed by atoms with E-state index in [2.05, 4.69) is 40.7 Å². The SMILES string of the molecule is CC(C)CCC[C@H](C)[C@H]1CC[C@H]2[C@@H]3CC=C4C[C@@H](OC(=O)c5cccc(N([O-])O)c5)CC[C@]4(C)[C@H]3CC[C@]12C. The van der Waals surface area contributed by atoms with Gasteiger partial charge in [0.15, 0.2) is 0 Å². The molecular weight excluding hydrogens is 486 g/mol. The molecule has 216 valence electrons. The Balaban J connectivity index is 1.24. The van der Waals surface area contributed by atoms with Gasteiger partial charge in [0, 0.05) is 6.42 Å². The van der Waals surface area contributed by atoms with Crippen LogP contribution in [0, 0.1) is 51.5 Å². The Hall–Kier alpha value is -1.85. The van der Waals surface area contributed by atoms with Gasteiger partial charge < -0.3 is 15.2 Å². The minimum absolute atomic E-state index is 0.0325. The number of esters is 1. The molecule has 3 saturated carbocycles. The summed E-state index contributed by atoms with van der Waals surface area (Å²) >= 11 is 0. The molecule has 8 atom stereocenters. The maximum Gasteiger partial charge on any atom is 0.338 e. The van der Waals surface area contributed by atoms with E-state index in [1.165, 1.54) is 69.1 Å². The molecule has 3 fully saturated rings. The molecule has 1 aromatic carbocycles. The summed E-state index contributed by atoms with van der Waals surface area (Å²) in [6.45, 7) is 12.4. The van der Waals surface area contributed by atoms with Crippen LogP contribution in [-0.2, 0) is 4.74 Å². The number of carbonyl (C=O) groups excluding carboxylic acids is 1. The number of carbonyl (C=O) groups is 1. The van der Waals surface area contributed by atoms with Crippen molar-refractivity contribution in [2.24, 2.45) is 46.3 Å². The van der Waals surface area contributed by atoms with Crippen molar-refractivity contribution in [1.29, 1.82) is 0 Å². The van der Waals surface area contributed by atoms with Crippen LogP contribution >= 0.6 is 0 Å². The summed E-state index contributed by atoms with van der Waals surface area (Å²) < 4.78 is 5.93. The first-order valence-corrected chi connectivity index (χ1v) is 15.7. The lowest BCUT2D eigenvalue weighted by molar-refractivity contribution is -0.0594. The Morgan fingerprint density at radius 2 is 1.90 bits per heavy atom. The summed E-state index contributed by atoms with van der Waals surface area (Å²) in [6, 6.07) is 6.07. The Kier molecular flexibility index (Phi) is 8.23. The second-order valence-corrected chi connectivity index (χ2v) is 14.4. The molecule has 0 heterocycles. The van der Waals surface area contributed by atoms with Gasteiger partial charge >= 0.3 is 5.97 Å². The van der Waals surface area contributed by atoms with Gasteiger partial charge in [-0.15, -0.1) is 0 Å². The average molecular weight is 537 g/mol. The normalized spacial score (nSPS) is 36.4. The van der Waals surface area contributed by atoms with Crippen LogP contribution in [0.1, 0.15) is 116 Å². The van der Waals surface area contributed by atoms with Gasteiger partial charge in [0.25, 0.3) is 0 Å². The summed E-state index contributed by atoms with van der Waals surface area (Å²) in [5.41, 5.74) is 2.55. The van der Waals surface area contributed by atoms with E-state index in [-0.39, 0.29) is 22.4 Å². The highest BCUT2D eigenvalue weighted by atomic mass is 16.8. The first-order valence-electron chi connectivity index (χ1n) is 15.7. The van der Waals surface area contributed by atoms with E-state index in [0.29, 0.717) is 11.0 Å². The molecule has 5 heteroatoms. The Morgan fingerprint density at radius 1 is 1.10 bits per heavy atom. The molecule has 0 radical (unpaired) electrons. The first-order chi connectivity index (χ1) is 18.5. The van der Waals surface area contributed by atoms with Gasteiger partial charge in [-0.25, -0.2) is 4.79 Å². The Labute approximate surface area is 235 Å². The largest absolute Gasteiger partial charge is 0.733 e. The zero-order valence-corrected chi connectivity index (χ0v) is 24.8. The van der Waals surface area contributed by atoms with Gasteiger partial charge in [-0.1, -0.05) is 71.6 Å². The number of rotatable bonds is 8. The smallest absolute Gasteiger partial charge is 0.338 e. The fourth-order valence-electron chi connectivity index (χ4n) is 9.72. The minimum atomic E-state index is -0.422. The topological polar surface area (TPSA) is 72.8 Å². The zero-order chi connectivity index (χ0) is 27.9. The standard InChI is InChI=1S/C34H50NO4/c1-22(2)8-6-9-23(3)29-14-15-30-28-13-12-25-21-27(16-18-33(25,4)31(28)17-19-34(29,30)5)39-32(36)24-10-7-11-26(20-24)35(37)38/h7,10-12,20,22-23,27-31,37H,6,8-9,13-19,21H2,1-5H3/q-1/t23-,27-,28-,29+,30-,31-,33-,34+/m0/s1. The number of hydrogen-bond donors (Lipinski definition) is 1. The maximum absolute atomic E-state index is 12.9. The van der Waals surface area contributed by atoms with Gasteiger partial charge in [-0.05, 0) is 109 Å². The fourth-order valence-corrected chi connectivity index (χ4v) is 9.72. The number of hydrogen-bond acceptors (Lipinski definition) is 5. The highest BCUT2D eigenvalue weighted by molar-refractivity contribution is 5.90. The van der Waals surface area contributed by atoms with E-state index in [1.807, 2.05) is 0 Å². The number of nitrogens with zero attached hydrogens (tertiary/aromatic N) is 1. The van der Waals surface area contributed by atoms with Gasteiger partial charge in [0.1, 0.15) is 6.10 Å². The van der Waals surface area contributed by atoms with Gasteiger partial charge in [0.2, 0.25) is 0 Å². The molecule has 0 unspecified atom stereocenters. The Bertz CT molecular complexity index is 1070. The van der Waals surface area contributed by atoms with Crippen LogP contribution in [-0.4, -0.2) is 17.3 Å². The summed E-state index contributed by atoms with van der Waals surface area (Å²) in [7, 11) is 0. The van der Waals surface area contributed by atoms with E-state index in [0.717, 1.165) is 54.8 Å². The fraction of sp³-hybridized carbons (Fsp3) is 0.735. The van der Waals surface area contributed by atoms with Crippen LogP contribution in [0.15, 0.2) is 35.9 Å². The summed E-state index contributed by atoms with van der Waals surface area (Å²) in [5.74, 6) is 4.48. The van der Waals surface area contributed by atoms with Crippen molar-refractivity contribution in [3.05, 3.63) is 46.7 Å². The third kappa shape index (κ3) is 5.43. The molecule has 5 rings (SSSR count). The predicted molar refractivity (Wildman–Crippen MR) is 156 cm³/mol. The van der Waals surface area contributed by atoms with E-state index in [9.17, 15) is 15.2 Å². The van der Waals surface area contributed by atoms with E-state index in [4.69, 9.17) is 4.74 Å². The molecule has 0 amide bonds. The van der Waals surface area contributed by atoms with Crippen LogP contribution in [0.5, 0.6) is 0 Å². The number of ether oxygens (including phenoxy) is 1. The molecule has 0 bridgehead atoms. The first kappa shape index (κ1) is 28.7. The highest BCUT2D eigenvalue weighted by Gasteiger charge is 2.59. The van der Waals surface area contributed by atoms with E-state index >= 15 is 0 Å². The maximum atomic E-state index is 12.9. The van der Waals surface area contributed by atoms with E-state index < -0.39 is 5.97 Å². The van der Waals surface area contributed by atoms with Crippen molar-refractivity contribution in [2.45, 2.75) is 111 Å². The summed E-state index contributed by atoms with van der Waals surface area (Å²) in [5, 5.41) is 20.2. The quantitative estimate of drug-likeness (QED) is 0.204. The average Bonchev–Trinajstić information content (AvgIpc) is 3.26. The van der Waals surface area contributed by atoms with Crippen molar-refractivity contribution < 1.29 is 14.7 Å². The molecule has 5 nitrogen and oxygen atoms in total. The molecule has 4 aliphatic rings. The van der Waals surface area contributed by atoms with Crippen molar-refractivity contribution >= 4 is 11.7 Å². The monoisotopic (exact) mass is 536 g/mol. The second kappa shape index (κ2) is 11.2. The molecule has 1 N–H and O–H groups in total. The van der Waals surface area contributed by atoms with Crippen LogP contribution in [0.2, 0.25) is 0 Å². The van der Waals surface area contributed by atoms with Crippen LogP contribution < -0.4 is 5.23 Å². The van der Waals surface area contributed by atoms with Crippen molar-refractivity contribution in [3.63, 3.8) is 0 Å². The van der Waals surface area contributed by atoms with Crippen LogP contribution in [0.25, 0.3) is 0 Å². The zero-order valence-electron chi connectivity index (χ0n) is 24.8. The van der Waals surface area contributed by atoms with Crippen LogP contribution in [0.3, 0.4) is 0 Å². The molecule has 1 aromatic rings. The molecule has 0 saturated heterocycles. The number of fused-ring (bicyclic) bond motifs is 5.